The van der Waals surface area contributed by atoms with Crippen molar-refractivity contribution in [2.75, 3.05) is 7.11 Å². The molecule has 0 unspecified atom stereocenters. The number of pyridine rings is 2. The summed E-state index contributed by atoms with van der Waals surface area (Å²) in [5, 5.41) is 0. The molecule has 2 rings (SSSR count). The van der Waals surface area contributed by atoms with E-state index in [1.165, 1.54) is 0 Å². The highest BCUT2D eigenvalue weighted by Crippen LogP contribution is 2.11. The Balaban J connectivity index is 1.99. The van der Waals surface area contributed by atoms with E-state index in [0.29, 0.717) is 18.4 Å². The molecular weight excluding hydrogens is 204 g/mol. The number of rotatable bonds is 4. The van der Waals surface area contributed by atoms with Gasteiger partial charge in [0.15, 0.2) is 0 Å². The summed E-state index contributed by atoms with van der Waals surface area (Å²) in [6, 6.07) is 9.27. The molecule has 0 saturated carbocycles. The van der Waals surface area contributed by atoms with Gasteiger partial charge in [0.1, 0.15) is 6.61 Å². The smallest absolute Gasteiger partial charge is 0.213 e. The molecule has 0 fully saturated rings. The predicted octanol–water partition coefficient (Wildman–Crippen LogP) is 2.06. The van der Waals surface area contributed by atoms with Crippen LogP contribution in [0.5, 0.6) is 11.8 Å². The number of aromatic nitrogens is 2. The summed E-state index contributed by atoms with van der Waals surface area (Å²) in [4.78, 5) is 8.09. The lowest BCUT2D eigenvalue weighted by molar-refractivity contribution is 0.292. The van der Waals surface area contributed by atoms with E-state index in [-0.39, 0.29) is 0 Å². The van der Waals surface area contributed by atoms with E-state index in [9.17, 15) is 0 Å². The minimum Gasteiger partial charge on any atom is -0.481 e. The molecule has 0 aromatic carbocycles. The van der Waals surface area contributed by atoms with Gasteiger partial charge in [-0.2, -0.15) is 0 Å². The molecule has 0 bridgehead atoms. The van der Waals surface area contributed by atoms with Crippen LogP contribution in [0.4, 0.5) is 0 Å². The fourth-order valence-corrected chi connectivity index (χ4v) is 1.24. The molecule has 0 N–H and O–H groups in total. The minimum absolute atomic E-state index is 0.454. The summed E-state index contributed by atoms with van der Waals surface area (Å²) in [5.41, 5.74) is 0.998. The molecule has 0 radical (unpaired) electrons. The number of methoxy groups -OCH3 is 1. The second-order valence-corrected chi connectivity index (χ2v) is 3.16. The van der Waals surface area contributed by atoms with Crippen LogP contribution in [-0.2, 0) is 6.61 Å². The quantitative estimate of drug-likeness (QED) is 0.784. The molecule has 4 heteroatoms. The molecule has 2 heterocycles. The maximum absolute atomic E-state index is 5.50. The van der Waals surface area contributed by atoms with E-state index in [1.807, 2.05) is 30.3 Å². The lowest BCUT2D eigenvalue weighted by Gasteiger charge is -2.05. The van der Waals surface area contributed by atoms with Gasteiger partial charge in [0.2, 0.25) is 11.8 Å². The average molecular weight is 216 g/mol. The Hall–Kier alpha value is -2.10. The van der Waals surface area contributed by atoms with E-state index in [4.69, 9.17) is 9.47 Å². The van der Waals surface area contributed by atoms with Crippen molar-refractivity contribution < 1.29 is 9.47 Å². The van der Waals surface area contributed by atoms with Gasteiger partial charge in [-0.1, -0.05) is 6.07 Å². The maximum atomic E-state index is 5.50. The van der Waals surface area contributed by atoms with Crippen LogP contribution in [0.25, 0.3) is 0 Å². The first-order valence-corrected chi connectivity index (χ1v) is 4.91. The third-order valence-corrected chi connectivity index (χ3v) is 2.03. The van der Waals surface area contributed by atoms with Gasteiger partial charge in [0, 0.05) is 24.5 Å². The molecule has 0 saturated heterocycles. The summed E-state index contributed by atoms with van der Waals surface area (Å²) in [7, 11) is 1.59. The zero-order valence-electron chi connectivity index (χ0n) is 8.96. The number of hydrogen-bond acceptors (Lipinski definition) is 4. The van der Waals surface area contributed by atoms with Crippen molar-refractivity contribution in [3.63, 3.8) is 0 Å². The first-order chi connectivity index (χ1) is 7.88. The Morgan fingerprint density at radius 1 is 1.06 bits per heavy atom. The van der Waals surface area contributed by atoms with Crippen molar-refractivity contribution in [2.24, 2.45) is 0 Å². The number of hydrogen-bond donors (Lipinski definition) is 0. The van der Waals surface area contributed by atoms with Gasteiger partial charge in [0.25, 0.3) is 0 Å². The van der Waals surface area contributed by atoms with Gasteiger partial charge >= 0.3 is 0 Å². The minimum atomic E-state index is 0.454. The van der Waals surface area contributed by atoms with Gasteiger partial charge in [-0.15, -0.1) is 0 Å². The molecule has 0 aliphatic heterocycles. The lowest BCUT2D eigenvalue weighted by atomic mass is 10.3. The van der Waals surface area contributed by atoms with Crippen LogP contribution in [0, 0.1) is 0 Å². The van der Waals surface area contributed by atoms with Gasteiger partial charge in [-0.3, -0.25) is 0 Å². The van der Waals surface area contributed by atoms with Crippen molar-refractivity contribution in [1.82, 2.24) is 9.97 Å². The molecule has 0 aliphatic carbocycles. The fourth-order valence-electron chi connectivity index (χ4n) is 1.24. The monoisotopic (exact) mass is 216 g/mol. The standard InChI is InChI=1S/C12H12N2O2/c1-15-12-8-10(5-7-14-12)9-16-11-4-2-3-6-13-11/h2-8H,9H2,1H3. The molecule has 82 valence electrons. The average Bonchev–Trinajstić information content (AvgIpc) is 2.38. The Morgan fingerprint density at radius 3 is 2.69 bits per heavy atom. The molecule has 16 heavy (non-hydrogen) atoms. The molecular formula is C12H12N2O2. The summed E-state index contributed by atoms with van der Waals surface area (Å²) < 4.78 is 10.5. The van der Waals surface area contributed by atoms with Crippen LogP contribution >= 0.6 is 0 Å². The van der Waals surface area contributed by atoms with Crippen LogP contribution in [0.15, 0.2) is 42.7 Å². The van der Waals surface area contributed by atoms with E-state index in [0.717, 1.165) is 5.56 Å². The van der Waals surface area contributed by atoms with E-state index < -0.39 is 0 Å². The Bertz CT molecular complexity index is 446. The van der Waals surface area contributed by atoms with Gasteiger partial charge in [0.05, 0.1) is 7.11 Å². The largest absolute Gasteiger partial charge is 0.481 e. The van der Waals surface area contributed by atoms with E-state index in [2.05, 4.69) is 9.97 Å². The summed E-state index contributed by atoms with van der Waals surface area (Å²) in [6.07, 6.45) is 3.39. The number of nitrogens with zero attached hydrogens (tertiary/aromatic N) is 2. The Morgan fingerprint density at radius 2 is 1.94 bits per heavy atom. The van der Waals surface area contributed by atoms with Crippen LogP contribution < -0.4 is 9.47 Å². The van der Waals surface area contributed by atoms with Crippen molar-refractivity contribution in [1.29, 1.82) is 0 Å². The second kappa shape index (κ2) is 5.11. The zero-order valence-corrected chi connectivity index (χ0v) is 8.96. The molecule has 2 aromatic rings. The van der Waals surface area contributed by atoms with Gasteiger partial charge < -0.3 is 9.47 Å². The molecule has 0 aliphatic rings. The van der Waals surface area contributed by atoms with Crippen molar-refractivity contribution >= 4 is 0 Å². The highest BCUT2D eigenvalue weighted by molar-refractivity contribution is 5.20. The Kier molecular flexibility index (Phi) is 3.33. The molecule has 0 amide bonds. The van der Waals surface area contributed by atoms with Gasteiger partial charge in [-0.05, 0) is 17.7 Å². The van der Waals surface area contributed by atoms with Crippen LogP contribution in [-0.4, -0.2) is 17.1 Å². The summed E-state index contributed by atoms with van der Waals surface area (Å²) in [5.74, 6) is 1.19. The van der Waals surface area contributed by atoms with Crippen LogP contribution in [0.2, 0.25) is 0 Å². The maximum Gasteiger partial charge on any atom is 0.213 e. The first kappa shape index (κ1) is 10.4. The van der Waals surface area contributed by atoms with E-state index in [1.54, 1.807) is 19.5 Å². The predicted molar refractivity (Wildman–Crippen MR) is 59.4 cm³/mol. The Labute approximate surface area is 93.9 Å². The molecule has 0 atom stereocenters. The summed E-state index contributed by atoms with van der Waals surface area (Å²) >= 11 is 0. The summed E-state index contributed by atoms with van der Waals surface area (Å²) in [6.45, 7) is 0.454. The third-order valence-electron chi connectivity index (χ3n) is 2.03. The number of ether oxygens (including phenoxy) is 2. The first-order valence-electron chi connectivity index (χ1n) is 4.91. The fraction of sp³-hybridized carbons (Fsp3) is 0.167. The molecule has 0 spiro atoms. The van der Waals surface area contributed by atoms with Gasteiger partial charge in [-0.25, -0.2) is 9.97 Å². The van der Waals surface area contributed by atoms with E-state index >= 15 is 0 Å². The lowest BCUT2D eigenvalue weighted by Crippen LogP contribution is -1.98. The van der Waals surface area contributed by atoms with Crippen LogP contribution in [0.1, 0.15) is 5.56 Å². The zero-order chi connectivity index (χ0) is 11.2. The third kappa shape index (κ3) is 2.70. The van der Waals surface area contributed by atoms with Crippen molar-refractivity contribution in [3.8, 4) is 11.8 Å². The van der Waals surface area contributed by atoms with Crippen molar-refractivity contribution in [2.45, 2.75) is 6.61 Å². The molecule has 4 nitrogen and oxygen atoms in total. The normalized spacial score (nSPS) is 9.81. The second-order valence-electron chi connectivity index (χ2n) is 3.16. The van der Waals surface area contributed by atoms with Crippen molar-refractivity contribution in [3.05, 3.63) is 48.3 Å². The topological polar surface area (TPSA) is 44.2 Å². The highest BCUT2D eigenvalue weighted by Gasteiger charge is 1.98. The molecule has 2 aromatic heterocycles. The van der Waals surface area contributed by atoms with Crippen LogP contribution in [0.3, 0.4) is 0 Å². The SMILES string of the molecule is COc1cc(COc2ccccn2)ccn1. The highest BCUT2D eigenvalue weighted by atomic mass is 16.5.